The lowest BCUT2D eigenvalue weighted by molar-refractivity contribution is 0.102. The first kappa shape index (κ1) is 14.8. The summed E-state index contributed by atoms with van der Waals surface area (Å²) < 4.78 is 6.78. The molecule has 4 aromatic rings. The fourth-order valence-electron chi connectivity index (χ4n) is 2.42. The van der Waals surface area contributed by atoms with Crippen LogP contribution in [0.3, 0.4) is 0 Å². The van der Waals surface area contributed by atoms with Crippen molar-refractivity contribution in [1.29, 1.82) is 0 Å². The van der Waals surface area contributed by atoms with Gasteiger partial charge in [0, 0.05) is 17.8 Å². The number of nitrogens with zero attached hydrogens (tertiary/aromatic N) is 3. The van der Waals surface area contributed by atoms with E-state index in [0.29, 0.717) is 22.5 Å². The Morgan fingerprint density at radius 1 is 1.12 bits per heavy atom. The summed E-state index contributed by atoms with van der Waals surface area (Å²) in [7, 11) is 0. The van der Waals surface area contributed by atoms with Crippen LogP contribution in [-0.2, 0) is 0 Å². The molecule has 0 aliphatic heterocycles. The van der Waals surface area contributed by atoms with Crippen LogP contribution in [0.15, 0.2) is 76.3 Å². The normalized spacial score (nSPS) is 10.7. The number of pyridine rings is 1. The Kier molecular flexibility index (Phi) is 3.59. The third-order valence-corrected chi connectivity index (χ3v) is 3.63. The minimum atomic E-state index is -0.683. The number of hydrogen-bond donors (Lipinski definition) is 1. The van der Waals surface area contributed by atoms with Crippen LogP contribution in [-0.4, -0.2) is 20.7 Å². The Balaban J connectivity index is 1.60. The SMILES string of the molecule is O=C(Nc1ccc(-n2cccn2)nc1)c1cc2ccccc2oc1=O. The molecule has 4 rings (SSSR count). The minimum absolute atomic E-state index is 0.0603. The number of rotatable bonds is 3. The average Bonchev–Trinajstić information content (AvgIpc) is 3.16. The van der Waals surface area contributed by atoms with Crippen LogP contribution in [0, 0.1) is 0 Å². The third-order valence-electron chi connectivity index (χ3n) is 3.63. The second-order valence-corrected chi connectivity index (χ2v) is 5.30. The van der Waals surface area contributed by atoms with E-state index in [4.69, 9.17) is 4.42 Å². The molecule has 1 aromatic carbocycles. The van der Waals surface area contributed by atoms with Gasteiger partial charge in [-0.25, -0.2) is 14.5 Å². The van der Waals surface area contributed by atoms with Crippen LogP contribution in [0.5, 0.6) is 0 Å². The number of carbonyl (C=O) groups is 1. The summed E-state index contributed by atoms with van der Waals surface area (Å²) in [6, 6.07) is 13.7. The molecular weight excluding hydrogens is 320 g/mol. The fraction of sp³-hybridized carbons (Fsp3) is 0. The molecule has 0 aliphatic rings. The highest BCUT2D eigenvalue weighted by atomic mass is 16.4. The summed E-state index contributed by atoms with van der Waals surface area (Å²) in [5.41, 5.74) is 0.162. The minimum Gasteiger partial charge on any atom is -0.422 e. The molecule has 7 nitrogen and oxygen atoms in total. The lowest BCUT2D eigenvalue weighted by Gasteiger charge is -2.06. The van der Waals surface area contributed by atoms with Gasteiger partial charge < -0.3 is 9.73 Å². The van der Waals surface area contributed by atoms with Crippen LogP contribution >= 0.6 is 0 Å². The van der Waals surface area contributed by atoms with Crippen LogP contribution in [0.1, 0.15) is 10.4 Å². The molecule has 0 atom stereocenters. The highest BCUT2D eigenvalue weighted by Crippen LogP contribution is 2.14. The van der Waals surface area contributed by atoms with Crippen LogP contribution in [0.4, 0.5) is 5.69 Å². The first-order valence-electron chi connectivity index (χ1n) is 7.51. The van der Waals surface area contributed by atoms with Crippen molar-refractivity contribution in [3.63, 3.8) is 0 Å². The van der Waals surface area contributed by atoms with Crippen molar-refractivity contribution in [3.05, 3.63) is 83.1 Å². The Hall–Kier alpha value is -3.74. The number of fused-ring (bicyclic) bond motifs is 1. The van der Waals surface area contributed by atoms with E-state index in [-0.39, 0.29) is 5.56 Å². The molecule has 0 unspecified atom stereocenters. The molecule has 7 heteroatoms. The standard InChI is InChI=1S/C18H12N4O3/c23-17(14-10-12-4-1-2-5-15(12)25-18(14)24)21-13-6-7-16(19-11-13)22-9-3-8-20-22/h1-11H,(H,21,23). The summed E-state index contributed by atoms with van der Waals surface area (Å²) in [5, 5.41) is 7.40. The van der Waals surface area contributed by atoms with Crippen molar-refractivity contribution in [2.24, 2.45) is 0 Å². The number of anilines is 1. The summed E-state index contributed by atoms with van der Waals surface area (Å²) in [4.78, 5) is 28.6. The largest absolute Gasteiger partial charge is 0.422 e. The topological polar surface area (TPSA) is 90.0 Å². The molecule has 1 N–H and O–H groups in total. The molecule has 0 fully saturated rings. The predicted molar refractivity (Wildman–Crippen MR) is 91.8 cm³/mol. The molecule has 3 aromatic heterocycles. The van der Waals surface area contributed by atoms with Crippen molar-refractivity contribution >= 4 is 22.6 Å². The number of para-hydroxylation sites is 1. The van der Waals surface area contributed by atoms with Gasteiger partial charge in [0.05, 0.1) is 11.9 Å². The van der Waals surface area contributed by atoms with E-state index in [2.05, 4.69) is 15.4 Å². The van der Waals surface area contributed by atoms with Gasteiger partial charge in [0.1, 0.15) is 11.1 Å². The third kappa shape index (κ3) is 2.90. The molecule has 1 amide bonds. The van der Waals surface area contributed by atoms with Crippen LogP contribution in [0.2, 0.25) is 0 Å². The molecular formula is C18H12N4O3. The van der Waals surface area contributed by atoms with Crippen molar-refractivity contribution < 1.29 is 9.21 Å². The lowest BCUT2D eigenvalue weighted by atomic mass is 10.2. The van der Waals surface area contributed by atoms with Gasteiger partial charge in [0.15, 0.2) is 5.82 Å². The van der Waals surface area contributed by atoms with Crippen molar-refractivity contribution in [2.75, 3.05) is 5.32 Å². The number of amides is 1. The number of nitrogens with one attached hydrogen (secondary N) is 1. The van der Waals surface area contributed by atoms with E-state index in [1.165, 1.54) is 12.3 Å². The van der Waals surface area contributed by atoms with Gasteiger partial charge in [0.25, 0.3) is 5.91 Å². The quantitative estimate of drug-likeness (QED) is 0.583. The second-order valence-electron chi connectivity index (χ2n) is 5.30. The summed E-state index contributed by atoms with van der Waals surface area (Å²) in [5.74, 6) is 0.0707. The van der Waals surface area contributed by atoms with E-state index in [1.807, 2.05) is 6.07 Å². The fourth-order valence-corrected chi connectivity index (χ4v) is 2.42. The molecule has 0 spiro atoms. The lowest BCUT2D eigenvalue weighted by Crippen LogP contribution is -2.20. The second kappa shape index (κ2) is 6.04. The zero-order valence-electron chi connectivity index (χ0n) is 12.9. The zero-order valence-corrected chi connectivity index (χ0v) is 12.9. The number of aromatic nitrogens is 3. The first-order chi connectivity index (χ1) is 12.2. The maximum Gasteiger partial charge on any atom is 0.349 e. The molecule has 3 heterocycles. The van der Waals surface area contributed by atoms with E-state index in [0.717, 1.165) is 0 Å². The van der Waals surface area contributed by atoms with E-state index < -0.39 is 11.5 Å². The van der Waals surface area contributed by atoms with Gasteiger partial charge in [-0.3, -0.25) is 4.79 Å². The monoisotopic (exact) mass is 332 g/mol. The van der Waals surface area contributed by atoms with E-state index in [9.17, 15) is 9.59 Å². The molecule has 0 bridgehead atoms. The average molecular weight is 332 g/mol. The highest BCUT2D eigenvalue weighted by molar-refractivity contribution is 6.05. The maximum absolute atomic E-state index is 12.4. The van der Waals surface area contributed by atoms with E-state index >= 15 is 0 Å². The summed E-state index contributed by atoms with van der Waals surface area (Å²) >= 11 is 0. The number of carbonyl (C=O) groups excluding carboxylic acids is 1. The maximum atomic E-state index is 12.4. The zero-order chi connectivity index (χ0) is 17.2. The van der Waals surface area contributed by atoms with Crippen molar-refractivity contribution in [1.82, 2.24) is 14.8 Å². The Morgan fingerprint density at radius 3 is 2.76 bits per heavy atom. The highest BCUT2D eigenvalue weighted by Gasteiger charge is 2.14. The number of hydrogen-bond acceptors (Lipinski definition) is 5. The molecule has 122 valence electrons. The molecule has 0 radical (unpaired) electrons. The Bertz CT molecular complexity index is 1100. The predicted octanol–water partition coefficient (Wildman–Crippen LogP) is 2.63. The van der Waals surface area contributed by atoms with Gasteiger partial charge in [-0.2, -0.15) is 5.10 Å². The van der Waals surface area contributed by atoms with Crippen LogP contribution in [0.25, 0.3) is 16.8 Å². The first-order valence-corrected chi connectivity index (χ1v) is 7.51. The van der Waals surface area contributed by atoms with Gasteiger partial charge in [0.2, 0.25) is 0 Å². The van der Waals surface area contributed by atoms with Gasteiger partial charge in [-0.05, 0) is 30.3 Å². The molecule has 0 saturated heterocycles. The van der Waals surface area contributed by atoms with Gasteiger partial charge >= 0.3 is 5.63 Å². The number of benzene rings is 1. The summed E-state index contributed by atoms with van der Waals surface area (Å²) in [6.07, 6.45) is 4.91. The van der Waals surface area contributed by atoms with Gasteiger partial charge in [-0.15, -0.1) is 0 Å². The molecule has 25 heavy (non-hydrogen) atoms. The molecule has 0 saturated carbocycles. The van der Waals surface area contributed by atoms with Crippen molar-refractivity contribution in [2.45, 2.75) is 0 Å². The Labute approximate surface area is 141 Å². The van der Waals surface area contributed by atoms with Gasteiger partial charge in [-0.1, -0.05) is 18.2 Å². The van der Waals surface area contributed by atoms with Crippen molar-refractivity contribution in [3.8, 4) is 5.82 Å². The smallest absolute Gasteiger partial charge is 0.349 e. The van der Waals surface area contributed by atoms with Crippen LogP contribution < -0.4 is 10.9 Å². The Morgan fingerprint density at radius 2 is 2.00 bits per heavy atom. The molecule has 0 aliphatic carbocycles. The summed E-state index contributed by atoms with van der Waals surface area (Å²) in [6.45, 7) is 0. The van der Waals surface area contributed by atoms with E-state index in [1.54, 1.807) is 53.5 Å².